The lowest BCUT2D eigenvalue weighted by Gasteiger charge is -2.03. The van der Waals surface area contributed by atoms with Crippen molar-refractivity contribution in [1.29, 1.82) is 0 Å². The minimum absolute atomic E-state index is 0.331. The summed E-state index contributed by atoms with van der Waals surface area (Å²) in [6.45, 7) is 8.71. The maximum atomic E-state index is 10.2. The zero-order chi connectivity index (χ0) is 7.98. The molecule has 10 heavy (non-hydrogen) atoms. The molecule has 4 heteroatoms. The number of carboxylic acids is 1. The van der Waals surface area contributed by atoms with Crippen LogP contribution in [0.4, 0.5) is 0 Å². The van der Waals surface area contributed by atoms with E-state index in [1.807, 2.05) is 0 Å². The third-order valence-corrected chi connectivity index (χ3v) is 1.04. The molecule has 1 atom stereocenters. The fraction of sp³-hybridized carbons (Fsp3) is 0.667. The fourth-order valence-corrected chi connectivity index (χ4v) is 0.424. The summed E-state index contributed by atoms with van der Waals surface area (Å²) < 4.78 is 0. The van der Waals surface area contributed by atoms with E-state index in [9.17, 15) is 4.79 Å². The number of hydrogen-bond donors (Lipinski definition) is 2. The van der Waals surface area contributed by atoms with Crippen LogP contribution in [0.15, 0.2) is 0 Å². The Morgan fingerprint density at radius 2 is 2.50 bits per heavy atom. The highest BCUT2D eigenvalue weighted by molar-refractivity contribution is 5.72. The average Bonchev–Trinajstić information content (AvgIpc) is 1.88. The predicted octanol–water partition coefficient (Wildman–Crippen LogP) is -0.0316. The highest BCUT2D eigenvalue weighted by atomic mass is 16.4. The van der Waals surface area contributed by atoms with E-state index in [2.05, 4.69) is 10.2 Å². The Bertz CT molecular complexity index is 150. The molecule has 0 spiro atoms. The third kappa shape index (κ3) is 3.87. The van der Waals surface area contributed by atoms with E-state index in [4.69, 9.17) is 11.7 Å². The first kappa shape index (κ1) is 8.92. The number of carbonyl (C=O) groups is 1. The van der Waals surface area contributed by atoms with E-state index in [0.717, 1.165) is 0 Å². The largest absolute Gasteiger partial charge is 0.480 e. The minimum atomic E-state index is -0.884. The molecule has 0 fully saturated rings. The molecule has 56 valence electrons. The first-order valence-electron chi connectivity index (χ1n) is 2.98. The molecule has 0 saturated heterocycles. The Morgan fingerprint density at radius 1 is 1.90 bits per heavy atom. The van der Waals surface area contributed by atoms with Gasteiger partial charge in [0.05, 0.1) is 6.54 Å². The van der Waals surface area contributed by atoms with Gasteiger partial charge in [-0.3, -0.25) is 10.1 Å². The van der Waals surface area contributed by atoms with Gasteiger partial charge < -0.3 is 9.95 Å². The lowest BCUT2D eigenvalue weighted by molar-refractivity contribution is -0.138. The van der Waals surface area contributed by atoms with Crippen LogP contribution in [0.2, 0.25) is 0 Å². The van der Waals surface area contributed by atoms with Gasteiger partial charge in [-0.25, -0.2) is 6.57 Å². The SMILES string of the molecule is [C-]#[N+]CCNC(C)C(=O)O. The number of rotatable bonds is 4. The molecule has 0 heterocycles. The van der Waals surface area contributed by atoms with Gasteiger partial charge in [-0.1, -0.05) is 0 Å². The van der Waals surface area contributed by atoms with Gasteiger partial charge >= 0.3 is 5.97 Å². The summed E-state index contributed by atoms with van der Waals surface area (Å²) in [5, 5.41) is 11.0. The van der Waals surface area contributed by atoms with Gasteiger partial charge in [0.1, 0.15) is 6.04 Å². The molecule has 0 aromatic rings. The molecule has 4 nitrogen and oxygen atoms in total. The summed E-state index contributed by atoms with van der Waals surface area (Å²) >= 11 is 0. The molecule has 1 unspecified atom stereocenters. The maximum Gasteiger partial charge on any atom is 0.320 e. The van der Waals surface area contributed by atoms with E-state index < -0.39 is 12.0 Å². The van der Waals surface area contributed by atoms with Crippen LogP contribution in [-0.4, -0.2) is 30.2 Å². The summed E-state index contributed by atoms with van der Waals surface area (Å²) in [5.41, 5.74) is 0. The summed E-state index contributed by atoms with van der Waals surface area (Å²) in [6, 6.07) is -0.554. The quantitative estimate of drug-likeness (QED) is 0.428. The van der Waals surface area contributed by atoms with Crippen LogP contribution in [0.1, 0.15) is 6.92 Å². The van der Waals surface area contributed by atoms with Gasteiger partial charge in [0.25, 0.3) is 0 Å². The predicted molar refractivity (Wildman–Crippen MR) is 36.6 cm³/mol. The van der Waals surface area contributed by atoms with E-state index in [-0.39, 0.29) is 0 Å². The van der Waals surface area contributed by atoms with E-state index >= 15 is 0 Å². The number of nitrogens with zero attached hydrogens (tertiary/aromatic N) is 1. The Labute approximate surface area is 59.7 Å². The Balaban J connectivity index is 3.32. The van der Waals surface area contributed by atoms with Crippen molar-refractivity contribution in [2.75, 3.05) is 13.1 Å². The van der Waals surface area contributed by atoms with Crippen molar-refractivity contribution in [2.45, 2.75) is 13.0 Å². The molecule has 0 bridgehead atoms. The van der Waals surface area contributed by atoms with Crippen LogP contribution in [0.25, 0.3) is 4.85 Å². The lowest BCUT2D eigenvalue weighted by atomic mass is 10.3. The van der Waals surface area contributed by atoms with Gasteiger partial charge in [0, 0.05) is 0 Å². The zero-order valence-electron chi connectivity index (χ0n) is 5.79. The van der Waals surface area contributed by atoms with Crippen molar-refractivity contribution >= 4 is 5.97 Å². The molecule has 2 N–H and O–H groups in total. The summed E-state index contributed by atoms with van der Waals surface area (Å²) in [7, 11) is 0. The molecule has 0 amide bonds. The van der Waals surface area contributed by atoms with Crippen LogP contribution in [0.5, 0.6) is 0 Å². The molecule has 0 aromatic carbocycles. The van der Waals surface area contributed by atoms with Gasteiger partial charge in [-0.05, 0) is 6.92 Å². The molecule has 0 aromatic heterocycles. The lowest BCUT2D eigenvalue weighted by Crippen LogP contribution is -2.35. The van der Waals surface area contributed by atoms with Crippen LogP contribution in [0.3, 0.4) is 0 Å². The second kappa shape index (κ2) is 4.77. The number of aliphatic carboxylic acids is 1. The summed E-state index contributed by atoms with van der Waals surface area (Å²) in [4.78, 5) is 13.2. The number of carboxylic acid groups (broad SMARTS) is 1. The molecule has 0 radical (unpaired) electrons. The van der Waals surface area contributed by atoms with Crippen LogP contribution in [-0.2, 0) is 4.79 Å². The van der Waals surface area contributed by atoms with Crippen molar-refractivity contribution in [3.8, 4) is 0 Å². The number of hydrogen-bond acceptors (Lipinski definition) is 2. The molecule has 0 aliphatic rings. The third-order valence-electron chi connectivity index (χ3n) is 1.04. The molecular formula is C6H10N2O2. The summed E-state index contributed by atoms with van der Waals surface area (Å²) in [5.74, 6) is -0.884. The average molecular weight is 142 g/mol. The van der Waals surface area contributed by atoms with Gasteiger partial charge in [-0.15, -0.1) is 0 Å². The second-order valence-electron chi connectivity index (χ2n) is 1.90. The van der Waals surface area contributed by atoms with Gasteiger partial charge in [0.15, 0.2) is 0 Å². The van der Waals surface area contributed by atoms with Crippen molar-refractivity contribution in [1.82, 2.24) is 5.32 Å². The maximum absolute atomic E-state index is 10.2. The molecule has 0 saturated carbocycles. The first-order valence-corrected chi connectivity index (χ1v) is 2.98. The fourth-order valence-electron chi connectivity index (χ4n) is 0.424. The van der Waals surface area contributed by atoms with E-state index in [1.165, 1.54) is 0 Å². The molecule has 0 aliphatic carbocycles. The molecule has 0 rings (SSSR count). The van der Waals surface area contributed by atoms with Crippen LogP contribution < -0.4 is 5.32 Å². The topological polar surface area (TPSA) is 53.7 Å². The Kier molecular flexibility index (Phi) is 4.25. The van der Waals surface area contributed by atoms with Crippen LogP contribution >= 0.6 is 0 Å². The Morgan fingerprint density at radius 3 is 2.90 bits per heavy atom. The van der Waals surface area contributed by atoms with Crippen molar-refractivity contribution in [2.24, 2.45) is 0 Å². The highest BCUT2D eigenvalue weighted by Gasteiger charge is 2.08. The first-order chi connectivity index (χ1) is 4.68. The minimum Gasteiger partial charge on any atom is -0.480 e. The van der Waals surface area contributed by atoms with Gasteiger partial charge in [0.2, 0.25) is 6.54 Å². The monoisotopic (exact) mass is 142 g/mol. The smallest absolute Gasteiger partial charge is 0.320 e. The second-order valence-corrected chi connectivity index (χ2v) is 1.90. The highest BCUT2D eigenvalue weighted by Crippen LogP contribution is 1.79. The zero-order valence-corrected chi connectivity index (χ0v) is 5.79. The Hall–Kier alpha value is -1.08. The van der Waals surface area contributed by atoms with Crippen molar-refractivity contribution < 1.29 is 9.90 Å². The number of nitrogens with one attached hydrogen (secondary N) is 1. The van der Waals surface area contributed by atoms with Crippen molar-refractivity contribution in [3.05, 3.63) is 11.4 Å². The standard InChI is InChI=1S/C6H10N2O2/c1-5(6(9)10)8-4-3-7-2/h5,8H,3-4H2,1H3,(H,9,10). The normalized spacial score (nSPS) is 12.0. The molecule has 0 aliphatic heterocycles. The van der Waals surface area contributed by atoms with E-state index in [0.29, 0.717) is 13.1 Å². The van der Waals surface area contributed by atoms with E-state index in [1.54, 1.807) is 6.92 Å². The van der Waals surface area contributed by atoms with Gasteiger partial charge in [-0.2, -0.15) is 0 Å². The summed E-state index contributed by atoms with van der Waals surface area (Å²) in [6.07, 6.45) is 0. The van der Waals surface area contributed by atoms with Crippen LogP contribution in [0, 0.1) is 6.57 Å². The molecular weight excluding hydrogens is 132 g/mol. The van der Waals surface area contributed by atoms with Crippen molar-refractivity contribution in [3.63, 3.8) is 0 Å².